The van der Waals surface area contributed by atoms with Gasteiger partial charge in [0.05, 0.1) is 10.0 Å². The summed E-state index contributed by atoms with van der Waals surface area (Å²) in [6.45, 7) is 0. The summed E-state index contributed by atoms with van der Waals surface area (Å²) in [5.41, 5.74) is 6.22. The van der Waals surface area contributed by atoms with Crippen LogP contribution in [-0.4, -0.2) is 23.5 Å². The number of nitrogen functional groups attached to an aromatic ring is 1. The SMILES string of the molecule is Nc1cc(Br)c(F)cc1C(=O)NC1CCCSC1. The van der Waals surface area contributed by atoms with Gasteiger partial charge in [0.25, 0.3) is 5.91 Å². The number of amides is 1. The fraction of sp³-hybridized carbons (Fsp3) is 0.417. The van der Waals surface area contributed by atoms with Crippen molar-refractivity contribution in [3.63, 3.8) is 0 Å². The van der Waals surface area contributed by atoms with Crippen molar-refractivity contribution in [3.8, 4) is 0 Å². The van der Waals surface area contributed by atoms with E-state index in [9.17, 15) is 9.18 Å². The van der Waals surface area contributed by atoms with Crippen molar-refractivity contribution in [1.82, 2.24) is 5.32 Å². The van der Waals surface area contributed by atoms with E-state index >= 15 is 0 Å². The first-order valence-electron chi connectivity index (χ1n) is 5.71. The Balaban J connectivity index is 2.10. The van der Waals surface area contributed by atoms with Crippen LogP contribution in [0.2, 0.25) is 0 Å². The molecule has 3 nitrogen and oxygen atoms in total. The predicted molar refractivity (Wildman–Crippen MR) is 76.3 cm³/mol. The third-order valence-electron chi connectivity index (χ3n) is 2.83. The summed E-state index contributed by atoms with van der Waals surface area (Å²) in [7, 11) is 0. The topological polar surface area (TPSA) is 55.1 Å². The van der Waals surface area contributed by atoms with Crippen molar-refractivity contribution in [1.29, 1.82) is 0 Å². The van der Waals surface area contributed by atoms with Crippen molar-refractivity contribution in [3.05, 3.63) is 28.0 Å². The van der Waals surface area contributed by atoms with Gasteiger partial charge >= 0.3 is 0 Å². The second kappa shape index (κ2) is 5.93. The number of rotatable bonds is 2. The molecule has 6 heteroatoms. The number of anilines is 1. The van der Waals surface area contributed by atoms with Gasteiger partial charge in [0.15, 0.2) is 0 Å². The lowest BCUT2D eigenvalue weighted by atomic mass is 10.1. The van der Waals surface area contributed by atoms with E-state index in [1.807, 2.05) is 11.8 Å². The average molecular weight is 333 g/mol. The maximum absolute atomic E-state index is 13.4. The van der Waals surface area contributed by atoms with Crippen LogP contribution in [0.3, 0.4) is 0 Å². The summed E-state index contributed by atoms with van der Waals surface area (Å²) in [6, 6.07) is 2.74. The van der Waals surface area contributed by atoms with E-state index in [-0.39, 0.29) is 27.7 Å². The van der Waals surface area contributed by atoms with Crippen LogP contribution in [0.4, 0.5) is 10.1 Å². The number of benzene rings is 1. The molecule has 1 amide bonds. The molecule has 1 fully saturated rings. The smallest absolute Gasteiger partial charge is 0.253 e. The molecule has 3 N–H and O–H groups in total. The highest BCUT2D eigenvalue weighted by Crippen LogP contribution is 2.23. The van der Waals surface area contributed by atoms with Gasteiger partial charge < -0.3 is 11.1 Å². The number of thioether (sulfide) groups is 1. The first-order valence-corrected chi connectivity index (χ1v) is 7.66. The molecule has 0 saturated carbocycles. The van der Waals surface area contributed by atoms with E-state index < -0.39 is 5.82 Å². The van der Waals surface area contributed by atoms with Crippen LogP contribution in [0.15, 0.2) is 16.6 Å². The van der Waals surface area contributed by atoms with E-state index in [2.05, 4.69) is 21.2 Å². The summed E-state index contributed by atoms with van der Waals surface area (Å²) in [5, 5.41) is 2.90. The maximum Gasteiger partial charge on any atom is 0.253 e. The first-order chi connectivity index (χ1) is 8.58. The minimum Gasteiger partial charge on any atom is -0.398 e. The van der Waals surface area contributed by atoms with E-state index in [0.717, 1.165) is 24.3 Å². The molecule has 0 bridgehead atoms. The number of halogens is 2. The van der Waals surface area contributed by atoms with Gasteiger partial charge in [0.2, 0.25) is 0 Å². The second-order valence-electron chi connectivity index (χ2n) is 4.24. The summed E-state index contributed by atoms with van der Waals surface area (Å²) in [4.78, 5) is 12.0. The van der Waals surface area contributed by atoms with Crippen LogP contribution < -0.4 is 11.1 Å². The Morgan fingerprint density at radius 1 is 1.56 bits per heavy atom. The molecule has 1 aromatic carbocycles. The van der Waals surface area contributed by atoms with E-state index in [1.54, 1.807) is 0 Å². The fourth-order valence-electron chi connectivity index (χ4n) is 1.88. The number of hydrogen-bond donors (Lipinski definition) is 2. The van der Waals surface area contributed by atoms with Crippen LogP contribution in [0.5, 0.6) is 0 Å². The van der Waals surface area contributed by atoms with Gasteiger partial charge in [-0.25, -0.2) is 4.39 Å². The lowest BCUT2D eigenvalue weighted by Crippen LogP contribution is -2.38. The molecule has 2 rings (SSSR count). The lowest BCUT2D eigenvalue weighted by Gasteiger charge is -2.22. The molecular formula is C12H14BrFN2OS. The van der Waals surface area contributed by atoms with Gasteiger partial charge in [-0.15, -0.1) is 0 Å². The Bertz CT molecular complexity index is 464. The third kappa shape index (κ3) is 3.17. The number of nitrogens with two attached hydrogens (primary N) is 1. The number of carbonyl (C=O) groups is 1. The van der Waals surface area contributed by atoms with Gasteiger partial charge in [0, 0.05) is 17.5 Å². The highest BCUT2D eigenvalue weighted by atomic mass is 79.9. The average Bonchev–Trinajstić information content (AvgIpc) is 2.35. The zero-order valence-electron chi connectivity index (χ0n) is 9.71. The number of hydrogen-bond acceptors (Lipinski definition) is 3. The summed E-state index contributed by atoms with van der Waals surface area (Å²) in [6.07, 6.45) is 2.07. The second-order valence-corrected chi connectivity index (χ2v) is 6.25. The summed E-state index contributed by atoms with van der Waals surface area (Å²) < 4.78 is 13.7. The molecule has 1 heterocycles. The van der Waals surface area contributed by atoms with E-state index in [1.165, 1.54) is 12.1 Å². The van der Waals surface area contributed by atoms with Crippen LogP contribution >= 0.6 is 27.7 Å². The molecule has 1 atom stereocenters. The van der Waals surface area contributed by atoms with Crippen LogP contribution in [0.1, 0.15) is 23.2 Å². The summed E-state index contributed by atoms with van der Waals surface area (Å²) in [5.74, 6) is 1.27. The van der Waals surface area contributed by atoms with Gasteiger partial charge in [0.1, 0.15) is 5.82 Å². The van der Waals surface area contributed by atoms with Crippen molar-refractivity contribution in [2.75, 3.05) is 17.2 Å². The normalized spacial score (nSPS) is 19.6. The van der Waals surface area contributed by atoms with Crippen molar-refractivity contribution < 1.29 is 9.18 Å². The Labute approximate surface area is 118 Å². The molecule has 1 aliphatic rings. The lowest BCUT2D eigenvalue weighted by molar-refractivity contribution is 0.0939. The molecule has 98 valence electrons. The molecule has 0 aromatic heterocycles. The molecule has 1 aromatic rings. The van der Waals surface area contributed by atoms with Crippen LogP contribution in [-0.2, 0) is 0 Å². The minimum absolute atomic E-state index is 0.155. The van der Waals surface area contributed by atoms with Gasteiger partial charge in [-0.3, -0.25) is 4.79 Å². The Hall–Kier alpha value is -0.750. The molecule has 1 aliphatic heterocycles. The van der Waals surface area contributed by atoms with Crippen LogP contribution in [0, 0.1) is 5.82 Å². The summed E-state index contributed by atoms with van der Waals surface area (Å²) >= 11 is 4.86. The molecule has 1 saturated heterocycles. The predicted octanol–water partition coefficient (Wildman–Crippen LogP) is 2.80. The van der Waals surface area contributed by atoms with Crippen molar-refractivity contribution in [2.45, 2.75) is 18.9 Å². The Morgan fingerprint density at radius 3 is 3.00 bits per heavy atom. The molecule has 0 radical (unpaired) electrons. The van der Waals surface area contributed by atoms with Gasteiger partial charge in [-0.1, -0.05) is 0 Å². The van der Waals surface area contributed by atoms with Crippen molar-refractivity contribution >= 4 is 39.3 Å². The van der Waals surface area contributed by atoms with Crippen LogP contribution in [0.25, 0.3) is 0 Å². The van der Waals surface area contributed by atoms with Gasteiger partial charge in [-0.2, -0.15) is 11.8 Å². The highest BCUT2D eigenvalue weighted by Gasteiger charge is 2.19. The monoisotopic (exact) mass is 332 g/mol. The molecule has 18 heavy (non-hydrogen) atoms. The fourth-order valence-corrected chi connectivity index (χ4v) is 3.31. The Kier molecular flexibility index (Phi) is 4.50. The molecular weight excluding hydrogens is 319 g/mol. The van der Waals surface area contributed by atoms with Crippen molar-refractivity contribution in [2.24, 2.45) is 0 Å². The maximum atomic E-state index is 13.4. The zero-order valence-corrected chi connectivity index (χ0v) is 12.1. The quantitative estimate of drug-likeness (QED) is 0.819. The Morgan fingerprint density at radius 2 is 2.33 bits per heavy atom. The minimum atomic E-state index is -0.479. The molecule has 0 aliphatic carbocycles. The first kappa shape index (κ1) is 13.7. The highest BCUT2D eigenvalue weighted by molar-refractivity contribution is 9.10. The molecule has 1 unspecified atom stereocenters. The zero-order chi connectivity index (χ0) is 13.1. The number of carbonyl (C=O) groups excluding carboxylic acids is 1. The number of nitrogens with one attached hydrogen (secondary N) is 1. The molecule has 0 spiro atoms. The largest absolute Gasteiger partial charge is 0.398 e. The van der Waals surface area contributed by atoms with E-state index in [0.29, 0.717) is 0 Å². The third-order valence-corrected chi connectivity index (χ3v) is 4.66. The van der Waals surface area contributed by atoms with E-state index in [4.69, 9.17) is 5.73 Å². The van der Waals surface area contributed by atoms with Gasteiger partial charge in [-0.05, 0) is 46.7 Å². The standard InChI is InChI=1S/C12H14BrFN2OS/c13-9-5-11(15)8(4-10(9)14)12(17)16-7-2-1-3-18-6-7/h4-5,7H,1-3,6,15H2,(H,16,17).